The molecule has 6 rings (SSSR count). The Morgan fingerprint density at radius 3 is 2.43 bits per heavy atom. The number of phenols is 1. The summed E-state index contributed by atoms with van der Waals surface area (Å²) in [4.78, 5) is 14.7. The molecule has 2 aromatic heterocycles. The van der Waals surface area contributed by atoms with E-state index in [0.717, 1.165) is 42.5 Å². The lowest BCUT2D eigenvalue weighted by Gasteiger charge is -2.29. The van der Waals surface area contributed by atoms with Gasteiger partial charge in [0, 0.05) is 54.7 Å². The van der Waals surface area contributed by atoms with Gasteiger partial charge in [-0.2, -0.15) is 5.10 Å². The quantitative estimate of drug-likeness (QED) is 0.312. The molecule has 1 fully saturated rings. The number of hydrogen-bond acceptors (Lipinski definition) is 4. The summed E-state index contributed by atoms with van der Waals surface area (Å²) < 4.78 is 17.8. The van der Waals surface area contributed by atoms with E-state index < -0.39 is 5.82 Å². The van der Waals surface area contributed by atoms with Crippen LogP contribution in [0.4, 0.5) is 10.1 Å². The highest BCUT2D eigenvalue weighted by Crippen LogP contribution is 2.42. The molecule has 9 heteroatoms. The summed E-state index contributed by atoms with van der Waals surface area (Å²) in [6.45, 7) is 1.89. The van der Waals surface area contributed by atoms with Crippen molar-refractivity contribution in [3.05, 3.63) is 82.4 Å². The average molecular weight is 518 g/mol. The number of fused-ring (bicyclic) bond motifs is 1. The van der Waals surface area contributed by atoms with E-state index in [1.54, 1.807) is 37.6 Å². The Bertz CT molecular complexity index is 1700. The van der Waals surface area contributed by atoms with Crippen molar-refractivity contribution in [2.24, 2.45) is 7.05 Å². The maximum Gasteiger partial charge on any atom is 0.332 e. The molecule has 188 valence electrons. The van der Waals surface area contributed by atoms with E-state index in [0.29, 0.717) is 33.0 Å². The number of benzene rings is 3. The molecule has 0 saturated carbocycles. The summed E-state index contributed by atoms with van der Waals surface area (Å²) in [7, 11) is 1.66. The van der Waals surface area contributed by atoms with Gasteiger partial charge in [0.2, 0.25) is 0 Å². The number of H-pyrrole nitrogens is 1. The number of aromatic hydroxyl groups is 1. The monoisotopic (exact) mass is 517 g/mol. The number of aryl methyl sites for hydroxylation is 1. The zero-order valence-electron chi connectivity index (χ0n) is 20.2. The molecule has 3 aromatic carbocycles. The lowest BCUT2D eigenvalue weighted by molar-refractivity contribution is 0.477. The highest BCUT2D eigenvalue weighted by atomic mass is 35.5. The van der Waals surface area contributed by atoms with E-state index in [1.807, 2.05) is 18.3 Å². The fraction of sp³-hybridized carbons (Fsp3) is 0.214. The van der Waals surface area contributed by atoms with E-state index in [9.17, 15) is 14.3 Å². The van der Waals surface area contributed by atoms with Crippen molar-refractivity contribution in [3.63, 3.8) is 0 Å². The molecule has 7 nitrogen and oxygen atoms in total. The Labute approximate surface area is 217 Å². The number of aromatic amines is 1. The lowest BCUT2D eigenvalue weighted by Crippen LogP contribution is -2.29. The number of rotatable bonds is 4. The normalized spacial score (nSPS) is 14.0. The Morgan fingerprint density at radius 1 is 0.973 bits per heavy atom. The van der Waals surface area contributed by atoms with Crippen LogP contribution in [0.5, 0.6) is 5.75 Å². The van der Waals surface area contributed by atoms with Gasteiger partial charge >= 0.3 is 5.69 Å². The molecule has 0 unspecified atom stereocenters. The topological polar surface area (TPSA) is 79.1 Å². The van der Waals surface area contributed by atoms with Crippen molar-refractivity contribution in [3.8, 4) is 33.7 Å². The minimum absolute atomic E-state index is 0.0504. The number of anilines is 1. The standard InChI is InChI=1S/C28H25ClFN5O2/c1-33-9-10-35(28(33)37)25-6-5-17(11-23(25)29)20-14-19(30)15-21(27(20)36)18-12-24-22(16-31-32-24)26(13-18)34-7-3-2-4-8-34/h5-6,9-16,36H,2-4,7-8H2,1H3,(H,31,32). The first-order valence-electron chi connectivity index (χ1n) is 12.2. The second-order valence-corrected chi connectivity index (χ2v) is 9.86. The molecule has 1 aliphatic rings. The number of hydrogen-bond donors (Lipinski definition) is 2. The van der Waals surface area contributed by atoms with Crippen molar-refractivity contribution >= 4 is 28.2 Å². The number of piperidine rings is 1. The second-order valence-electron chi connectivity index (χ2n) is 9.45. The van der Waals surface area contributed by atoms with Crippen LogP contribution >= 0.6 is 11.6 Å². The van der Waals surface area contributed by atoms with Gasteiger partial charge in [-0.3, -0.25) is 9.67 Å². The summed E-state index contributed by atoms with van der Waals surface area (Å²) in [5.41, 5.74) is 4.03. The third-order valence-electron chi connectivity index (χ3n) is 7.08. The molecule has 0 bridgehead atoms. The molecule has 1 saturated heterocycles. The summed E-state index contributed by atoms with van der Waals surface area (Å²) in [6, 6.07) is 11.6. The number of imidazole rings is 1. The van der Waals surface area contributed by atoms with E-state index in [1.165, 1.54) is 27.7 Å². The SMILES string of the molecule is Cn1ccn(-c2ccc(-c3cc(F)cc(-c4cc(N5CCCCC5)c5cn[nH]c5c4)c3O)cc2Cl)c1=O. The molecular weight excluding hydrogens is 493 g/mol. The van der Waals surface area contributed by atoms with Crippen LogP contribution in [0, 0.1) is 5.82 Å². The lowest BCUT2D eigenvalue weighted by atomic mass is 9.95. The van der Waals surface area contributed by atoms with Crippen molar-refractivity contribution in [2.75, 3.05) is 18.0 Å². The van der Waals surface area contributed by atoms with Gasteiger partial charge in [-0.25, -0.2) is 9.18 Å². The summed E-state index contributed by atoms with van der Waals surface area (Å²) in [5, 5.41) is 19.9. The molecule has 0 aliphatic carbocycles. The average Bonchev–Trinajstić information content (AvgIpc) is 3.51. The molecule has 37 heavy (non-hydrogen) atoms. The van der Waals surface area contributed by atoms with Crippen molar-refractivity contribution in [1.82, 2.24) is 19.3 Å². The molecule has 0 spiro atoms. The molecule has 2 N–H and O–H groups in total. The smallest absolute Gasteiger partial charge is 0.332 e. The maximum atomic E-state index is 15.0. The number of nitrogens with one attached hydrogen (secondary N) is 1. The zero-order valence-corrected chi connectivity index (χ0v) is 21.0. The van der Waals surface area contributed by atoms with Crippen LogP contribution in [-0.2, 0) is 7.05 Å². The van der Waals surface area contributed by atoms with Crippen LogP contribution < -0.4 is 10.6 Å². The van der Waals surface area contributed by atoms with Crippen LogP contribution in [-0.4, -0.2) is 37.5 Å². The van der Waals surface area contributed by atoms with Crippen LogP contribution in [0.15, 0.2) is 65.8 Å². The zero-order chi connectivity index (χ0) is 25.7. The predicted octanol–water partition coefficient (Wildman–Crippen LogP) is 5.87. The Kier molecular flexibility index (Phi) is 5.76. The van der Waals surface area contributed by atoms with Gasteiger partial charge in [-0.05, 0) is 66.8 Å². The molecular formula is C28H25ClFN5O2. The van der Waals surface area contributed by atoms with Gasteiger partial charge < -0.3 is 14.6 Å². The first-order valence-corrected chi connectivity index (χ1v) is 12.6. The molecule has 0 radical (unpaired) electrons. The van der Waals surface area contributed by atoms with Crippen LogP contribution in [0.3, 0.4) is 0 Å². The number of phenolic OH excluding ortho intramolecular Hbond substituents is 1. The third kappa shape index (κ3) is 4.07. The van der Waals surface area contributed by atoms with Gasteiger partial charge in [-0.15, -0.1) is 0 Å². The van der Waals surface area contributed by atoms with Gasteiger partial charge in [0.05, 0.1) is 22.4 Å². The van der Waals surface area contributed by atoms with Gasteiger partial charge in [0.25, 0.3) is 0 Å². The van der Waals surface area contributed by atoms with Crippen LogP contribution in [0.2, 0.25) is 5.02 Å². The predicted molar refractivity (Wildman–Crippen MR) is 144 cm³/mol. The Balaban J connectivity index is 1.46. The van der Waals surface area contributed by atoms with Crippen LogP contribution in [0.1, 0.15) is 19.3 Å². The summed E-state index contributed by atoms with van der Waals surface area (Å²) >= 11 is 6.54. The Morgan fingerprint density at radius 2 is 1.73 bits per heavy atom. The molecule has 0 atom stereocenters. The largest absolute Gasteiger partial charge is 0.507 e. The highest BCUT2D eigenvalue weighted by molar-refractivity contribution is 6.32. The van der Waals surface area contributed by atoms with Gasteiger partial charge in [-0.1, -0.05) is 17.7 Å². The van der Waals surface area contributed by atoms with Crippen molar-refractivity contribution < 1.29 is 9.50 Å². The number of halogens is 2. The highest BCUT2D eigenvalue weighted by Gasteiger charge is 2.20. The third-order valence-corrected chi connectivity index (χ3v) is 7.39. The first kappa shape index (κ1) is 23.4. The number of aromatic nitrogens is 4. The Hall–Kier alpha value is -4.04. The van der Waals surface area contributed by atoms with E-state index in [2.05, 4.69) is 15.1 Å². The summed E-state index contributed by atoms with van der Waals surface area (Å²) in [6.07, 6.45) is 8.52. The maximum absolute atomic E-state index is 15.0. The molecule has 1 aliphatic heterocycles. The molecule has 0 amide bonds. The van der Waals surface area contributed by atoms with Gasteiger partial charge in [0.15, 0.2) is 0 Å². The van der Waals surface area contributed by atoms with E-state index >= 15 is 0 Å². The van der Waals surface area contributed by atoms with Crippen molar-refractivity contribution in [2.45, 2.75) is 19.3 Å². The summed E-state index contributed by atoms with van der Waals surface area (Å²) in [5.74, 6) is -0.530. The minimum Gasteiger partial charge on any atom is -0.507 e. The number of nitrogens with zero attached hydrogens (tertiary/aromatic N) is 4. The van der Waals surface area contributed by atoms with Crippen LogP contribution in [0.25, 0.3) is 38.8 Å². The molecule has 3 heterocycles. The minimum atomic E-state index is -0.480. The van der Waals surface area contributed by atoms with Gasteiger partial charge in [0.1, 0.15) is 11.6 Å². The molecule has 5 aromatic rings. The van der Waals surface area contributed by atoms with E-state index in [-0.39, 0.29) is 11.4 Å². The second kappa shape index (κ2) is 9.12. The fourth-order valence-electron chi connectivity index (χ4n) is 5.14. The van der Waals surface area contributed by atoms with Crippen molar-refractivity contribution in [1.29, 1.82) is 0 Å². The van der Waals surface area contributed by atoms with E-state index in [4.69, 9.17) is 11.6 Å². The fourth-order valence-corrected chi connectivity index (χ4v) is 5.41. The first-order chi connectivity index (χ1) is 17.9.